The smallest absolute Gasteiger partial charge is 0.323 e. The minimum atomic E-state index is -1.71. The Morgan fingerprint density at radius 1 is 0.531 bits per heavy atom. The molecule has 19 N–H and O–H groups in total. The molecule has 38 heteroatoms. The number of para-hydroxylation sites is 2. The van der Waals surface area contributed by atoms with Crippen LogP contribution < -0.4 is 65.5 Å². The topological polar surface area (TPSA) is 551 Å². The quantitative estimate of drug-likeness (QED) is 0.0437. The Morgan fingerprint density at radius 3 is 1.73 bits per heavy atom. The predicted octanol–water partition coefficient (Wildman–Crippen LogP) is 1.22. The first kappa shape index (κ1) is 102. The van der Waals surface area contributed by atoms with Crippen LogP contribution in [0.15, 0.2) is 85.2 Å². The van der Waals surface area contributed by atoms with E-state index < -0.39 is 223 Å². The number of aromatic amines is 1. The van der Waals surface area contributed by atoms with Crippen LogP contribution in [0.3, 0.4) is 0 Å². The van der Waals surface area contributed by atoms with Crippen LogP contribution in [0.1, 0.15) is 180 Å². The lowest BCUT2D eigenvalue weighted by Crippen LogP contribution is -2.62. The molecule has 3 aromatic carbocycles. The summed E-state index contributed by atoms with van der Waals surface area (Å²) in [7, 11) is 2.81. The first-order valence-corrected chi connectivity index (χ1v) is 45.5. The third-order valence-corrected chi connectivity index (χ3v) is 24.9. The molecule has 0 radical (unpaired) electrons. The zero-order chi connectivity index (χ0) is 94.9. The average Bonchev–Trinajstić information content (AvgIpc) is 1.64. The van der Waals surface area contributed by atoms with Gasteiger partial charge in [0.15, 0.2) is 5.78 Å². The Morgan fingerprint density at radius 2 is 1.08 bits per heavy atom. The number of piperidine rings is 1. The van der Waals surface area contributed by atoms with Gasteiger partial charge in [-0.1, -0.05) is 116 Å². The lowest BCUT2D eigenvalue weighted by molar-refractivity contribution is -0.149. The number of H-pyrrole nitrogens is 1. The van der Waals surface area contributed by atoms with Gasteiger partial charge in [-0.3, -0.25) is 76.7 Å². The minimum Gasteiger partial charge on any atom is -0.480 e. The maximum atomic E-state index is 15.9. The monoisotopic (exact) mass is 1810 g/mol. The molecule has 0 saturated carbocycles. The molecule has 15 atom stereocenters. The number of unbranched alkanes of at least 4 members (excludes halogenated alkanes) is 2. The van der Waals surface area contributed by atoms with Crippen molar-refractivity contribution in [3.63, 3.8) is 0 Å². The second kappa shape index (κ2) is 48.2. The van der Waals surface area contributed by atoms with Gasteiger partial charge in [-0.2, -0.15) is 0 Å². The number of nitrogens with one attached hydrogen (secondary N) is 9. The van der Waals surface area contributed by atoms with E-state index in [1.807, 2.05) is 27.7 Å². The van der Waals surface area contributed by atoms with Crippen LogP contribution in [0.5, 0.6) is 0 Å². The maximum Gasteiger partial charge on any atom is 0.323 e. The first-order valence-electron chi connectivity index (χ1n) is 45.5. The number of nitrogens with zero attached hydrogens (tertiary/aromatic N) is 6. The Balaban J connectivity index is 1.08. The number of carboxylic acids is 1. The number of likely N-dealkylation sites (N-methyl/N-ethyl adjacent to an activating group) is 2. The number of aromatic nitrogens is 2. The molecule has 0 aliphatic carbocycles. The fourth-order valence-corrected chi connectivity index (χ4v) is 17.9. The number of ketones is 1. The van der Waals surface area contributed by atoms with Gasteiger partial charge in [0, 0.05) is 113 Å². The predicted molar refractivity (Wildman–Crippen MR) is 480 cm³/mol. The number of primary amides is 1. The van der Waals surface area contributed by atoms with Crippen molar-refractivity contribution in [1.29, 1.82) is 0 Å². The number of amides is 14. The molecule has 2 aromatic heterocycles. The van der Waals surface area contributed by atoms with Gasteiger partial charge in [-0.25, -0.2) is 4.39 Å². The number of Topliss-reactive ketones (excluding diaryl/α,β-unsaturated/α-hetero) is 1. The van der Waals surface area contributed by atoms with Gasteiger partial charge < -0.3 is 110 Å². The van der Waals surface area contributed by atoms with Gasteiger partial charge >= 0.3 is 5.97 Å². The van der Waals surface area contributed by atoms with Gasteiger partial charge in [-0.15, -0.1) is 0 Å². The maximum absolute atomic E-state index is 15.9. The summed E-state index contributed by atoms with van der Waals surface area (Å²) in [6.45, 7) is 9.13. The van der Waals surface area contributed by atoms with Gasteiger partial charge in [0.1, 0.15) is 78.8 Å². The van der Waals surface area contributed by atoms with Crippen molar-refractivity contribution in [3.8, 4) is 0 Å². The van der Waals surface area contributed by atoms with Crippen molar-refractivity contribution in [3.05, 3.63) is 108 Å². The molecular weight excluding hydrogens is 1680 g/mol. The number of aliphatic carboxylic acids is 1. The van der Waals surface area contributed by atoms with Gasteiger partial charge in [0.2, 0.25) is 82.7 Å². The average molecular weight is 1810 g/mol. The van der Waals surface area contributed by atoms with Gasteiger partial charge in [0.05, 0.1) is 24.6 Å². The number of fused-ring (bicyclic) bond motifs is 5. The summed E-state index contributed by atoms with van der Waals surface area (Å²) >= 11 is 0. The highest BCUT2D eigenvalue weighted by Crippen LogP contribution is 2.31. The van der Waals surface area contributed by atoms with E-state index in [-0.39, 0.29) is 128 Å². The fraction of sp³-hybridized carbons (Fsp3) is 0.587. The molecule has 9 rings (SSSR count). The summed E-state index contributed by atoms with van der Waals surface area (Å²) in [4.78, 5) is 245. The highest BCUT2D eigenvalue weighted by molar-refractivity contribution is 6.02. The fourth-order valence-electron chi connectivity index (χ4n) is 17.9. The van der Waals surface area contributed by atoms with E-state index in [4.69, 9.17) is 22.9 Å². The van der Waals surface area contributed by atoms with Gasteiger partial charge in [-0.05, 0) is 143 Å². The Bertz CT molecular complexity index is 4850. The Hall–Kier alpha value is -11.8. The molecule has 14 amide bonds. The minimum absolute atomic E-state index is 0.0196. The zero-order valence-electron chi connectivity index (χ0n) is 75.7. The number of benzene rings is 3. The van der Waals surface area contributed by atoms with Crippen LogP contribution in [0.2, 0.25) is 0 Å². The van der Waals surface area contributed by atoms with E-state index in [2.05, 4.69) is 47.5 Å². The zero-order valence-corrected chi connectivity index (χ0v) is 75.7. The largest absolute Gasteiger partial charge is 0.480 e. The van der Waals surface area contributed by atoms with E-state index in [0.717, 1.165) is 21.9 Å². The Labute approximate surface area is 756 Å². The second-order valence-corrected chi connectivity index (χ2v) is 35.7. The SMILES string of the molecule is CCCC[C@H]1C(=O)N(C)[C@@H](CCCC)C(=O)N[C@@H](CC(C)C)C(=O)NCCC[C@@H](N)C(=O)N[C@@H](Cc2ccc(F)cc2)C(=O)N2CCCC[C@H]2C(=O)N[C@@H](CC(N)=O)C(=O)N2CCC[C@H]2C(=O)N[C@@H](CN)C(=O)N[C@@H](CC(C)C)C(=O)N2C[C@H](O)C[C@H]2C(=O)C[C@@H](Cc2c[nH]c3ccccc23)C(=O)N[C@@H](CCN)C(=O)N[C@@H](Cc2cn(CC(=O)O)c3ccccc23)C(=O)N1C. The molecule has 0 spiro atoms. The number of hydrogen-bond donors (Lipinski definition) is 15. The van der Waals surface area contributed by atoms with Crippen LogP contribution in [-0.2, 0) is 103 Å². The number of halogens is 1. The van der Waals surface area contributed by atoms with Crippen molar-refractivity contribution < 1.29 is 91.3 Å². The van der Waals surface area contributed by atoms with Crippen LogP contribution in [-0.4, -0.2) is 277 Å². The molecule has 4 aliphatic rings. The van der Waals surface area contributed by atoms with Crippen LogP contribution in [0.25, 0.3) is 21.8 Å². The second-order valence-electron chi connectivity index (χ2n) is 35.7. The Kier molecular flexibility index (Phi) is 37.8. The lowest BCUT2D eigenvalue weighted by Gasteiger charge is -2.38. The van der Waals surface area contributed by atoms with E-state index in [9.17, 15) is 53.0 Å². The van der Waals surface area contributed by atoms with Crippen LogP contribution in [0, 0.1) is 23.6 Å². The summed E-state index contributed by atoms with van der Waals surface area (Å²) < 4.78 is 15.9. The molecule has 4 saturated heterocycles. The third kappa shape index (κ3) is 27.2. The van der Waals surface area contributed by atoms with E-state index in [1.165, 1.54) is 45.5 Å². The summed E-state index contributed by atoms with van der Waals surface area (Å²) in [6, 6.07) is 0.766. The third-order valence-electron chi connectivity index (χ3n) is 24.9. The lowest BCUT2D eigenvalue weighted by atomic mass is 9.90. The summed E-state index contributed by atoms with van der Waals surface area (Å²) in [5.41, 5.74) is 27.4. The van der Waals surface area contributed by atoms with E-state index in [1.54, 1.807) is 74.8 Å². The van der Waals surface area contributed by atoms with Crippen molar-refractivity contribution in [2.75, 3.05) is 53.4 Å². The molecule has 710 valence electrons. The molecule has 6 heterocycles. The highest BCUT2D eigenvalue weighted by atomic mass is 19.1. The first-order chi connectivity index (χ1) is 61.9. The highest BCUT2D eigenvalue weighted by Gasteiger charge is 2.47. The van der Waals surface area contributed by atoms with Gasteiger partial charge in [0.25, 0.3) is 0 Å². The number of aliphatic hydroxyl groups excluding tert-OH is 1. The molecule has 5 aromatic rings. The number of carbonyl (C=O) groups excluding carboxylic acids is 15. The molecule has 4 fully saturated rings. The molecular formula is C92H132FN19O18. The summed E-state index contributed by atoms with van der Waals surface area (Å²) in [6.07, 6.45) is 2.52. The number of carboxylic acid groups (broad SMARTS) is 1. The number of aliphatic hydroxyl groups is 1. The number of hydrogen-bond acceptors (Lipinski definition) is 20. The van der Waals surface area contributed by atoms with E-state index >= 15 is 38.4 Å². The number of nitrogens with two attached hydrogens (primary N) is 4. The van der Waals surface area contributed by atoms with Crippen molar-refractivity contribution in [2.24, 2.45) is 40.7 Å². The van der Waals surface area contributed by atoms with Crippen molar-refractivity contribution in [2.45, 2.75) is 274 Å². The van der Waals surface area contributed by atoms with Crippen LogP contribution >= 0.6 is 0 Å². The molecule has 37 nitrogen and oxygen atoms in total. The number of carbonyl (C=O) groups is 16. The summed E-state index contributed by atoms with van der Waals surface area (Å²) in [5, 5.41) is 44.9. The van der Waals surface area contributed by atoms with E-state index in [0.29, 0.717) is 77.0 Å². The molecule has 0 bridgehead atoms. The molecule has 4 aliphatic heterocycles. The number of rotatable bonds is 23. The van der Waals surface area contributed by atoms with Crippen LogP contribution in [0.4, 0.5) is 4.39 Å². The standard InChI is InChI=1S/C92H132FN19O18/c1-9-11-25-72-85(123)101-65(39-52(3)4)82(120)98-36-19-23-62(96)81(119)102-67(41-54-30-32-58(93)33-31-54)89(127)110-37-18-17-28-73(110)86(124)105-69(46-78(97)115)90(128)111-38-20-29-74(111)87(125)106-70(47-95)84(122)103-66(40-53(5)6)91(129)112-50-59(113)45-76(112)77(114)44-55(42-56-48-99-63-24-15-13-21-60(56)63)80(118)100-64(34-35-94)83(121)104-68(88(126)108(8)75(26-12-10-2)92(130)107(72)7)43-57-49-109(51-79(116)117)71-27-16-14-22-61(57)71/h13-16,21-22,24,27,30-33,48-49,52-53,55,59,62,64-70,72-76,99,113H,9-12,17-20,23,25-26,28-29,34-47,50-51,94-96H2,1-8H3,(H2,97,115)(H,98,120)(H,100,118)(H,101,123)(H,102,119)(H,103,122)(H,104,121)(H,105,124)(H,106,125)(H,116,117)/t55-,59-,62-,64+,65+,66+,67+,68+,69+,70+,72+,73+,74+,75+,76+/m1/s1. The molecule has 130 heavy (non-hydrogen) atoms. The normalized spacial score (nSPS) is 26.0. The summed E-state index contributed by atoms with van der Waals surface area (Å²) in [5.74, 6) is -15.9. The van der Waals surface area contributed by atoms with Crippen molar-refractivity contribution >= 4 is 116 Å². The van der Waals surface area contributed by atoms with Crippen molar-refractivity contribution in [1.82, 2.24) is 76.6 Å². The molecule has 0 unspecified atom stereocenters.